The fourth-order valence-electron chi connectivity index (χ4n) is 2.50. The normalized spacial score (nSPS) is 19.2. The quantitative estimate of drug-likeness (QED) is 0.923. The molecule has 1 aromatic carbocycles. The zero-order valence-corrected chi connectivity index (χ0v) is 11.4. The minimum absolute atomic E-state index is 0.102. The summed E-state index contributed by atoms with van der Waals surface area (Å²) in [4.78, 5) is 25.3. The van der Waals surface area contributed by atoms with Crippen LogP contribution in [0.5, 0.6) is 0 Å². The van der Waals surface area contributed by atoms with E-state index in [1.807, 2.05) is 0 Å². The number of halogens is 1. The number of hydrogen-bond donors (Lipinski definition) is 1. The highest BCUT2D eigenvalue weighted by molar-refractivity contribution is 6.33. The summed E-state index contributed by atoms with van der Waals surface area (Å²) in [6.45, 7) is 0.655. The van der Waals surface area contributed by atoms with Gasteiger partial charge in [-0.2, -0.15) is 0 Å². The van der Waals surface area contributed by atoms with Crippen molar-refractivity contribution in [1.29, 1.82) is 0 Å². The molecule has 1 heterocycles. The average Bonchev–Trinajstić information content (AvgIpc) is 2.38. The standard InChI is InChI=1S/C14H17ClN2O2/c15-12-7-2-1-6-11(12)14(19)17-8-4-3-5-10(17)9-13(16)18/h1-2,6-7,10H,3-5,8-9H2,(H2,16,18)/t10-/m1/s1. The van der Waals surface area contributed by atoms with Crippen LogP contribution in [0.1, 0.15) is 36.0 Å². The van der Waals surface area contributed by atoms with Crippen LogP contribution < -0.4 is 5.73 Å². The van der Waals surface area contributed by atoms with Crippen molar-refractivity contribution in [2.45, 2.75) is 31.7 Å². The molecule has 1 aliphatic heterocycles. The average molecular weight is 281 g/mol. The van der Waals surface area contributed by atoms with Crippen LogP contribution in [0, 0.1) is 0 Å². The highest BCUT2D eigenvalue weighted by Crippen LogP contribution is 2.24. The lowest BCUT2D eigenvalue weighted by atomic mass is 9.98. The van der Waals surface area contributed by atoms with Crippen molar-refractivity contribution in [3.8, 4) is 0 Å². The third-order valence-electron chi connectivity index (χ3n) is 3.43. The first kappa shape index (κ1) is 13.9. The summed E-state index contributed by atoms with van der Waals surface area (Å²) in [6, 6.07) is 6.88. The molecule has 0 aromatic heterocycles. The predicted molar refractivity (Wildman–Crippen MR) is 73.9 cm³/mol. The minimum atomic E-state index is -0.371. The van der Waals surface area contributed by atoms with Crippen molar-refractivity contribution >= 4 is 23.4 Å². The predicted octanol–water partition coefficient (Wildman–Crippen LogP) is 2.21. The number of amides is 2. The van der Waals surface area contributed by atoms with Gasteiger partial charge in [-0.05, 0) is 31.4 Å². The smallest absolute Gasteiger partial charge is 0.255 e. The van der Waals surface area contributed by atoms with Crippen molar-refractivity contribution in [1.82, 2.24) is 4.90 Å². The number of nitrogens with two attached hydrogens (primary N) is 1. The molecule has 2 N–H and O–H groups in total. The second-order valence-electron chi connectivity index (χ2n) is 4.80. The van der Waals surface area contributed by atoms with Crippen LogP contribution in [0.3, 0.4) is 0 Å². The Bertz CT molecular complexity index is 490. The SMILES string of the molecule is NC(=O)C[C@H]1CCCCN1C(=O)c1ccccc1Cl. The molecule has 2 amide bonds. The summed E-state index contributed by atoms with van der Waals surface area (Å²) < 4.78 is 0. The Kier molecular flexibility index (Phi) is 4.43. The van der Waals surface area contributed by atoms with Crippen LogP contribution in [-0.2, 0) is 4.79 Å². The van der Waals surface area contributed by atoms with E-state index in [2.05, 4.69) is 0 Å². The lowest BCUT2D eigenvalue weighted by molar-refractivity contribution is -0.119. The summed E-state index contributed by atoms with van der Waals surface area (Å²) >= 11 is 6.05. The lowest BCUT2D eigenvalue weighted by Gasteiger charge is -2.35. The molecule has 0 aliphatic carbocycles. The molecule has 0 spiro atoms. The Morgan fingerprint density at radius 1 is 1.32 bits per heavy atom. The molecule has 2 rings (SSSR count). The van der Waals surface area contributed by atoms with Crippen LogP contribution in [-0.4, -0.2) is 29.3 Å². The molecule has 1 atom stereocenters. The molecule has 1 fully saturated rings. The second kappa shape index (κ2) is 6.06. The van der Waals surface area contributed by atoms with Crippen LogP contribution in [0.4, 0.5) is 0 Å². The molecule has 4 nitrogen and oxygen atoms in total. The molecule has 1 saturated heterocycles. The molecule has 5 heteroatoms. The number of carbonyl (C=O) groups excluding carboxylic acids is 2. The molecule has 0 unspecified atom stereocenters. The fraction of sp³-hybridized carbons (Fsp3) is 0.429. The number of hydrogen-bond acceptors (Lipinski definition) is 2. The van der Waals surface area contributed by atoms with Gasteiger partial charge in [0.25, 0.3) is 5.91 Å². The van der Waals surface area contributed by atoms with E-state index in [9.17, 15) is 9.59 Å². The van der Waals surface area contributed by atoms with Crippen LogP contribution in [0.2, 0.25) is 5.02 Å². The number of carbonyl (C=O) groups is 2. The largest absolute Gasteiger partial charge is 0.370 e. The number of piperidine rings is 1. The Balaban J connectivity index is 2.20. The van der Waals surface area contributed by atoms with Gasteiger partial charge in [0, 0.05) is 19.0 Å². The van der Waals surface area contributed by atoms with Crippen LogP contribution in [0.15, 0.2) is 24.3 Å². The van der Waals surface area contributed by atoms with Gasteiger partial charge in [-0.1, -0.05) is 23.7 Å². The topological polar surface area (TPSA) is 63.4 Å². The monoisotopic (exact) mass is 280 g/mol. The maximum absolute atomic E-state index is 12.5. The number of primary amides is 1. The van der Waals surface area contributed by atoms with Crippen molar-refractivity contribution in [2.75, 3.05) is 6.54 Å². The number of benzene rings is 1. The van der Waals surface area contributed by atoms with E-state index in [1.165, 1.54) is 0 Å². The molecule has 1 aliphatic rings. The zero-order valence-electron chi connectivity index (χ0n) is 10.6. The summed E-state index contributed by atoms with van der Waals surface area (Å²) in [5.41, 5.74) is 5.74. The van der Waals surface area contributed by atoms with Crippen molar-refractivity contribution in [2.24, 2.45) is 5.73 Å². The molecule has 1 aromatic rings. The van der Waals surface area contributed by atoms with Gasteiger partial charge in [0.2, 0.25) is 5.91 Å². The van der Waals surface area contributed by atoms with Gasteiger partial charge >= 0.3 is 0 Å². The number of likely N-dealkylation sites (tertiary alicyclic amines) is 1. The zero-order chi connectivity index (χ0) is 13.8. The van der Waals surface area contributed by atoms with Gasteiger partial charge in [-0.3, -0.25) is 9.59 Å². The van der Waals surface area contributed by atoms with E-state index in [0.717, 1.165) is 19.3 Å². The minimum Gasteiger partial charge on any atom is -0.370 e. The third kappa shape index (κ3) is 3.26. The van der Waals surface area contributed by atoms with Crippen LogP contribution >= 0.6 is 11.6 Å². The van der Waals surface area contributed by atoms with Gasteiger partial charge in [0.05, 0.1) is 10.6 Å². The summed E-state index contributed by atoms with van der Waals surface area (Å²) in [5, 5.41) is 0.441. The molecular weight excluding hydrogens is 264 g/mol. The Morgan fingerprint density at radius 3 is 2.74 bits per heavy atom. The van der Waals surface area contributed by atoms with Crippen molar-refractivity contribution in [3.05, 3.63) is 34.9 Å². The summed E-state index contributed by atoms with van der Waals surface area (Å²) in [6.07, 6.45) is 3.00. The van der Waals surface area contributed by atoms with E-state index >= 15 is 0 Å². The Hall–Kier alpha value is -1.55. The maximum Gasteiger partial charge on any atom is 0.255 e. The van der Waals surface area contributed by atoms with Gasteiger partial charge in [0.15, 0.2) is 0 Å². The molecule has 0 radical (unpaired) electrons. The number of nitrogens with zero attached hydrogens (tertiary/aromatic N) is 1. The third-order valence-corrected chi connectivity index (χ3v) is 3.76. The van der Waals surface area contributed by atoms with Gasteiger partial charge in [-0.15, -0.1) is 0 Å². The molecule has 0 saturated carbocycles. The van der Waals surface area contributed by atoms with Gasteiger partial charge < -0.3 is 10.6 Å². The summed E-state index contributed by atoms with van der Waals surface area (Å²) in [5.74, 6) is -0.486. The first-order chi connectivity index (χ1) is 9.09. The highest BCUT2D eigenvalue weighted by Gasteiger charge is 2.29. The lowest BCUT2D eigenvalue weighted by Crippen LogP contribution is -2.45. The van der Waals surface area contributed by atoms with E-state index in [-0.39, 0.29) is 24.3 Å². The number of rotatable bonds is 3. The second-order valence-corrected chi connectivity index (χ2v) is 5.21. The highest BCUT2D eigenvalue weighted by atomic mass is 35.5. The first-order valence-corrected chi connectivity index (χ1v) is 6.81. The molecule has 102 valence electrons. The fourth-order valence-corrected chi connectivity index (χ4v) is 2.72. The van der Waals surface area contributed by atoms with Gasteiger partial charge in [-0.25, -0.2) is 0 Å². The van der Waals surface area contributed by atoms with E-state index in [1.54, 1.807) is 29.2 Å². The van der Waals surface area contributed by atoms with E-state index < -0.39 is 0 Å². The van der Waals surface area contributed by atoms with Crippen molar-refractivity contribution < 1.29 is 9.59 Å². The first-order valence-electron chi connectivity index (χ1n) is 6.43. The van der Waals surface area contributed by atoms with Gasteiger partial charge in [0.1, 0.15) is 0 Å². The van der Waals surface area contributed by atoms with E-state index in [4.69, 9.17) is 17.3 Å². The van der Waals surface area contributed by atoms with Crippen molar-refractivity contribution in [3.63, 3.8) is 0 Å². The van der Waals surface area contributed by atoms with E-state index in [0.29, 0.717) is 17.1 Å². The van der Waals surface area contributed by atoms with Crippen LogP contribution in [0.25, 0.3) is 0 Å². The summed E-state index contributed by atoms with van der Waals surface area (Å²) in [7, 11) is 0. The maximum atomic E-state index is 12.5. The molecular formula is C14H17ClN2O2. The molecule has 0 bridgehead atoms. The Morgan fingerprint density at radius 2 is 2.05 bits per heavy atom. The Labute approximate surface area is 117 Å². The molecule has 19 heavy (non-hydrogen) atoms.